The van der Waals surface area contributed by atoms with Crippen LogP contribution >= 0.6 is 0 Å². The molecule has 1 aliphatic heterocycles. The number of aliphatic hydroxyl groups is 1. The Morgan fingerprint density at radius 3 is 2.80 bits per heavy atom. The summed E-state index contributed by atoms with van der Waals surface area (Å²) in [5.74, 6) is -0.567. The fourth-order valence-electron chi connectivity index (χ4n) is 2.10. The largest absolute Gasteiger partial charge is 0.419 e. The van der Waals surface area contributed by atoms with Gasteiger partial charge in [-0.05, 0) is 12.1 Å². The predicted molar refractivity (Wildman–Crippen MR) is 63.7 cm³/mol. The number of aromatic nitrogens is 1. The summed E-state index contributed by atoms with van der Waals surface area (Å²) in [5, 5.41) is 9.54. The molecule has 2 heterocycles. The van der Waals surface area contributed by atoms with Crippen molar-refractivity contribution >= 4 is 5.91 Å². The van der Waals surface area contributed by atoms with Gasteiger partial charge < -0.3 is 15.7 Å². The van der Waals surface area contributed by atoms with Crippen molar-refractivity contribution < 1.29 is 23.1 Å². The average Bonchev–Trinajstić information content (AvgIpc) is 2.81. The fourth-order valence-corrected chi connectivity index (χ4v) is 2.10. The van der Waals surface area contributed by atoms with E-state index in [9.17, 15) is 23.1 Å². The average molecular weight is 289 g/mol. The lowest BCUT2D eigenvalue weighted by atomic mass is 10.0. The molecule has 1 aromatic heterocycles. The highest BCUT2D eigenvalue weighted by atomic mass is 19.4. The number of amides is 1. The number of β-amino-alcohol motifs (C(OH)–C–C–N with tert-alkyl or cyclic N) is 1. The lowest BCUT2D eigenvalue weighted by molar-refractivity contribution is -0.253. The van der Waals surface area contributed by atoms with Gasteiger partial charge in [0.25, 0.3) is 5.91 Å². The van der Waals surface area contributed by atoms with Gasteiger partial charge in [-0.25, -0.2) is 0 Å². The van der Waals surface area contributed by atoms with E-state index in [1.807, 2.05) is 0 Å². The van der Waals surface area contributed by atoms with E-state index in [1.165, 1.54) is 18.3 Å². The summed E-state index contributed by atoms with van der Waals surface area (Å²) in [6.07, 6.45) is -3.89. The van der Waals surface area contributed by atoms with Crippen molar-refractivity contribution in [3.63, 3.8) is 0 Å². The van der Waals surface area contributed by atoms with Crippen LogP contribution in [0.4, 0.5) is 13.2 Å². The minimum atomic E-state index is -4.75. The molecule has 110 valence electrons. The number of likely N-dealkylation sites (tertiary alicyclic amines) is 1. The van der Waals surface area contributed by atoms with Crippen LogP contribution in [0.1, 0.15) is 22.5 Å². The maximum absolute atomic E-state index is 12.7. The molecule has 5 nitrogen and oxygen atoms in total. The molecule has 20 heavy (non-hydrogen) atoms. The van der Waals surface area contributed by atoms with Gasteiger partial charge in [0.2, 0.25) is 0 Å². The second-order valence-electron chi connectivity index (χ2n) is 4.75. The number of alkyl halides is 3. The van der Waals surface area contributed by atoms with E-state index >= 15 is 0 Å². The number of carbonyl (C=O) groups is 1. The zero-order chi connectivity index (χ0) is 15.0. The zero-order valence-corrected chi connectivity index (χ0v) is 10.5. The first-order valence-electron chi connectivity index (χ1n) is 6.00. The summed E-state index contributed by atoms with van der Waals surface area (Å²) in [6.45, 7) is -0.766. The Bertz CT molecular complexity index is 521. The number of hydrogen-bond donors (Lipinski definition) is 2. The van der Waals surface area contributed by atoms with Crippen molar-refractivity contribution in [2.45, 2.75) is 24.7 Å². The minimum absolute atomic E-state index is 0.133. The monoisotopic (exact) mass is 289 g/mol. The number of pyridine rings is 1. The second kappa shape index (κ2) is 5.02. The van der Waals surface area contributed by atoms with E-state index in [4.69, 9.17) is 5.73 Å². The molecular weight excluding hydrogens is 275 g/mol. The Morgan fingerprint density at radius 2 is 2.25 bits per heavy atom. The lowest BCUT2D eigenvalue weighted by Gasteiger charge is -2.25. The first-order chi connectivity index (χ1) is 9.27. The highest BCUT2D eigenvalue weighted by Crippen LogP contribution is 2.37. The molecule has 1 unspecified atom stereocenters. The van der Waals surface area contributed by atoms with Crippen LogP contribution in [-0.2, 0) is 6.54 Å². The molecular formula is C12H14F3N3O2. The van der Waals surface area contributed by atoms with Crippen LogP contribution in [0.25, 0.3) is 0 Å². The van der Waals surface area contributed by atoms with Crippen molar-refractivity contribution in [2.24, 2.45) is 5.73 Å². The molecule has 0 saturated carbocycles. The van der Waals surface area contributed by atoms with Gasteiger partial charge in [0.15, 0.2) is 5.60 Å². The van der Waals surface area contributed by atoms with Gasteiger partial charge in [0.1, 0.15) is 0 Å². The van der Waals surface area contributed by atoms with Crippen molar-refractivity contribution in [3.8, 4) is 0 Å². The van der Waals surface area contributed by atoms with E-state index in [0.717, 1.165) is 4.90 Å². The Morgan fingerprint density at radius 1 is 1.55 bits per heavy atom. The molecule has 0 bridgehead atoms. The van der Waals surface area contributed by atoms with Gasteiger partial charge in [-0.15, -0.1) is 0 Å². The highest BCUT2D eigenvalue weighted by Gasteiger charge is 2.57. The van der Waals surface area contributed by atoms with Crippen LogP contribution in [0.3, 0.4) is 0 Å². The minimum Gasteiger partial charge on any atom is -0.379 e. The van der Waals surface area contributed by atoms with E-state index in [-0.39, 0.29) is 18.7 Å². The molecule has 0 aliphatic carbocycles. The number of nitrogens with zero attached hydrogens (tertiary/aromatic N) is 2. The third-order valence-electron chi connectivity index (χ3n) is 3.34. The molecule has 1 saturated heterocycles. The van der Waals surface area contributed by atoms with Crippen LogP contribution in [-0.4, -0.2) is 45.8 Å². The van der Waals surface area contributed by atoms with Crippen molar-refractivity contribution in [2.75, 3.05) is 13.1 Å². The molecule has 3 N–H and O–H groups in total. The molecule has 1 aromatic rings. The molecule has 0 radical (unpaired) electrons. The summed E-state index contributed by atoms with van der Waals surface area (Å²) in [5.41, 5.74) is 3.26. The van der Waals surface area contributed by atoms with Gasteiger partial charge in [-0.3, -0.25) is 9.78 Å². The Labute approximate surface area is 113 Å². The summed E-state index contributed by atoms with van der Waals surface area (Å²) in [6, 6.07) is 2.85. The van der Waals surface area contributed by atoms with Crippen LogP contribution in [0, 0.1) is 0 Å². The first-order valence-corrected chi connectivity index (χ1v) is 6.00. The van der Waals surface area contributed by atoms with E-state index < -0.39 is 30.7 Å². The van der Waals surface area contributed by atoms with Crippen molar-refractivity contribution in [1.82, 2.24) is 9.88 Å². The summed E-state index contributed by atoms with van der Waals surface area (Å²) in [7, 11) is 0. The standard InChI is InChI=1S/C12H14F3N3O2/c13-12(14,15)11(20)2-4-18(7-11)10(19)8-1-3-17-9(5-8)6-16/h1,3,5,20H,2,4,6-7,16H2. The zero-order valence-electron chi connectivity index (χ0n) is 10.5. The van der Waals surface area contributed by atoms with Crippen LogP contribution in [0.2, 0.25) is 0 Å². The van der Waals surface area contributed by atoms with Crippen molar-refractivity contribution in [1.29, 1.82) is 0 Å². The molecule has 8 heteroatoms. The van der Waals surface area contributed by atoms with Gasteiger partial charge >= 0.3 is 6.18 Å². The fraction of sp³-hybridized carbons (Fsp3) is 0.500. The molecule has 1 amide bonds. The Kier molecular flexibility index (Phi) is 3.70. The van der Waals surface area contributed by atoms with Crippen molar-refractivity contribution in [3.05, 3.63) is 29.6 Å². The van der Waals surface area contributed by atoms with Crippen LogP contribution in [0.15, 0.2) is 18.3 Å². The topological polar surface area (TPSA) is 79.5 Å². The van der Waals surface area contributed by atoms with Gasteiger partial charge in [-0.2, -0.15) is 13.2 Å². The van der Waals surface area contributed by atoms with Gasteiger partial charge in [0, 0.05) is 31.3 Å². The number of rotatable bonds is 2. The number of halogens is 3. The summed E-state index contributed by atoms with van der Waals surface area (Å²) in [4.78, 5) is 17.0. The quantitative estimate of drug-likeness (QED) is 0.839. The maximum Gasteiger partial charge on any atom is 0.419 e. The van der Waals surface area contributed by atoms with Gasteiger partial charge in [-0.1, -0.05) is 0 Å². The number of hydrogen-bond acceptors (Lipinski definition) is 4. The van der Waals surface area contributed by atoms with E-state index in [0.29, 0.717) is 5.69 Å². The maximum atomic E-state index is 12.7. The summed E-state index contributed by atoms with van der Waals surface area (Å²) < 4.78 is 38.1. The number of carbonyl (C=O) groups excluding carboxylic acids is 1. The molecule has 0 spiro atoms. The smallest absolute Gasteiger partial charge is 0.379 e. The van der Waals surface area contributed by atoms with E-state index in [2.05, 4.69) is 4.98 Å². The third-order valence-corrected chi connectivity index (χ3v) is 3.34. The second-order valence-corrected chi connectivity index (χ2v) is 4.75. The Balaban J connectivity index is 2.16. The predicted octanol–water partition coefficient (Wildman–Crippen LogP) is 0.680. The lowest BCUT2D eigenvalue weighted by Crippen LogP contribution is -2.48. The molecule has 1 aliphatic rings. The third kappa shape index (κ3) is 2.61. The Hall–Kier alpha value is -1.67. The van der Waals surface area contributed by atoms with Crippen LogP contribution < -0.4 is 5.73 Å². The molecule has 1 fully saturated rings. The molecule has 2 rings (SSSR count). The SMILES string of the molecule is NCc1cc(C(=O)N2CCC(O)(C(F)(F)F)C2)ccn1. The normalized spacial score (nSPS) is 23.1. The first kappa shape index (κ1) is 14.7. The highest BCUT2D eigenvalue weighted by molar-refractivity contribution is 5.94. The number of nitrogens with two attached hydrogens (primary N) is 1. The van der Waals surface area contributed by atoms with Gasteiger partial charge in [0.05, 0.1) is 12.2 Å². The summed E-state index contributed by atoms with van der Waals surface area (Å²) >= 11 is 0. The molecule has 0 aromatic carbocycles. The molecule has 1 atom stereocenters. The van der Waals surface area contributed by atoms with Crippen LogP contribution in [0.5, 0.6) is 0 Å². The van der Waals surface area contributed by atoms with E-state index in [1.54, 1.807) is 0 Å².